The van der Waals surface area contributed by atoms with E-state index in [2.05, 4.69) is 146 Å². The maximum Gasteiger partial charge on any atom is 0.168 e. The molecule has 1 aliphatic carbocycles. The van der Waals surface area contributed by atoms with Crippen LogP contribution >= 0.6 is 0 Å². The molecule has 11 rings (SSSR count). The lowest BCUT2D eigenvalue weighted by Crippen LogP contribution is -2.07. The number of benzene rings is 8. The molecule has 4 heteroatoms. The van der Waals surface area contributed by atoms with Crippen molar-refractivity contribution in [1.82, 2.24) is 15.0 Å². The number of rotatable bonds is 5. The Bertz CT molecular complexity index is 3080. The van der Waals surface area contributed by atoms with Crippen molar-refractivity contribution in [3.8, 4) is 56.4 Å². The number of fused-ring (bicyclic) bond motifs is 7. The Morgan fingerprint density at radius 1 is 0.429 bits per heavy atom. The molecule has 4 nitrogen and oxygen atoms in total. The SMILES string of the molecule is c1ccc(-c2ccc(-c3nc(-c4ccccc4)nc(-c4c(C5CCc6cc7ccccc7cc6-c6ccccc65)ccc5c4oc4ccccc45)n3)cc2)cc1. The molecule has 2 heterocycles. The van der Waals surface area contributed by atoms with E-state index in [1.54, 1.807) is 0 Å². The van der Waals surface area contributed by atoms with E-state index in [-0.39, 0.29) is 5.92 Å². The Kier molecular flexibility index (Phi) is 7.66. The van der Waals surface area contributed by atoms with Gasteiger partial charge in [-0.15, -0.1) is 0 Å². The zero-order chi connectivity index (χ0) is 37.0. The van der Waals surface area contributed by atoms with Crippen molar-refractivity contribution in [2.45, 2.75) is 18.8 Å². The zero-order valence-corrected chi connectivity index (χ0v) is 30.6. The summed E-state index contributed by atoms with van der Waals surface area (Å²) in [6.07, 6.45) is 1.86. The van der Waals surface area contributed by atoms with Crippen LogP contribution in [-0.4, -0.2) is 15.0 Å². The van der Waals surface area contributed by atoms with Crippen LogP contribution in [0.15, 0.2) is 186 Å². The fourth-order valence-corrected chi connectivity index (χ4v) is 8.67. The second kappa shape index (κ2) is 13.3. The summed E-state index contributed by atoms with van der Waals surface area (Å²) in [5.41, 5.74) is 13.1. The second-order valence-corrected chi connectivity index (χ2v) is 14.7. The summed E-state index contributed by atoms with van der Waals surface area (Å²) in [6, 6.07) is 64.3. The molecule has 1 atom stereocenters. The van der Waals surface area contributed by atoms with Crippen molar-refractivity contribution in [3.63, 3.8) is 0 Å². The average molecular weight is 718 g/mol. The third kappa shape index (κ3) is 5.49. The molecule has 0 aliphatic heterocycles. The molecule has 0 saturated carbocycles. The van der Waals surface area contributed by atoms with Gasteiger partial charge in [0.1, 0.15) is 11.2 Å². The van der Waals surface area contributed by atoms with Gasteiger partial charge in [0.05, 0.1) is 5.56 Å². The van der Waals surface area contributed by atoms with Crippen LogP contribution in [0.1, 0.15) is 29.0 Å². The molecule has 0 amide bonds. The van der Waals surface area contributed by atoms with E-state index in [0.717, 1.165) is 62.6 Å². The third-order valence-electron chi connectivity index (χ3n) is 11.4. The molecule has 264 valence electrons. The Morgan fingerprint density at radius 2 is 1.02 bits per heavy atom. The number of nitrogens with zero attached hydrogens (tertiary/aromatic N) is 3. The monoisotopic (exact) mass is 717 g/mol. The van der Waals surface area contributed by atoms with E-state index >= 15 is 0 Å². The minimum absolute atomic E-state index is 0.0554. The van der Waals surface area contributed by atoms with Gasteiger partial charge in [-0.3, -0.25) is 0 Å². The van der Waals surface area contributed by atoms with Gasteiger partial charge in [0, 0.05) is 27.8 Å². The summed E-state index contributed by atoms with van der Waals surface area (Å²) in [5.74, 6) is 1.90. The average Bonchev–Trinajstić information content (AvgIpc) is 3.57. The van der Waals surface area contributed by atoms with Gasteiger partial charge in [-0.05, 0) is 74.7 Å². The zero-order valence-electron chi connectivity index (χ0n) is 30.6. The first kappa shape index (κ1) is 32.3. The second-order valence-electron chi connectivity index (χ2n) is 14.7. The van der Waals surface area contributed by atoms with Crippen LogP contribution in [0.4, 0.5) is 0 Å². The van der Waals surface area contributed by atoms with Gasteiger partial charge in [-0.25, -0.2) is 15.0 Å². The first-order valence-electron chi connectivity index (χ1n) is 19.3. The topological polar surface area (TPSA) is 51.8 Å². The van der Waals surface area contributed by atoms with Gasteiger partial charge >= 0.3 is 0 Å². The molecule has 0 spiro atoms. The Balaban J connectivity index is 1.15. The molecular weight excluding hydrogens is 683 g/mol. The van der Waals surface area contributed by atoms with E-state index in [1.165, 1.54) is 38.6 Å². The van der Waals surface area contributed by atoms with Gasteiger partial charge in [0.15, 0.2) is 17.5 Å². The lowest BCUT2D eigenvalue weighted by atomic mass is 9.82. The highest BCUT2D eigenvalue weighted by molar-refractivity contribution is 6.10. The van der Waals surface area contributed by atoms with Crippen LogP contribution < -0.4 is 0 Å². The highest BCUT2D eigenvalue weighted by Crippen LogP contribution is 2.47. The molecule has 56 heavy (non-hydrogen) atoms. The minimum atomic E-state index is 0.0554. The van der Waals surface area contributed by atoms with Crippen LogP contribution in [0.2, 0.25) is 0 Å². The van der Waals surface area contributed by atoms with Crippen LogP contribution in [0.3, 0.4) is 0 Å². The summed E-state index contributed by atoms with van der Waals surface area (Å²) in [5, 5.41) is 4.65. The molecule has 0 radical (unpaired) electrons. The highest BCUT2D eigenvalue weighted by atomic mass is 16.3. The van der Waals surface area contributed by atoms with Crippen molar-refractivity contribution in [1.29, 1.82) is 0 Å². The highest BCUT2D eigenvalue weighted by Gasteiger charge is 2.30. The molecule has 10 aromatic rings. The quantitative estimate of drug-likeness (QED) is 0.178. The molecule has 0 saturated heterocycles. The van der Waals surface area contributed by atoms with Gasteiger partial charge in [-0.1, -0.05) is 170 Å². The summed E-state index contributed by atoms with van der Waals surface area (Å²) in [7, 11) is 0. The number of para-hydroxylation sites is 1. The Hall–Kier alpha value is -7.17. The van der Waals surface area contributed by atoms with Crippen molar-refractivity contribution in [2.24, 2.45) is 0 Å². The summed E-state index contributed by atoms with van der Waals surface area (Å²) in [6.45, 7) is 0. The summed E-state index contributed by atoms with van der Waals surface area (Å²) < 4.78 is 6.86. The van der Waals surface area contributed by atoms with Crippen molar-refractivity contribution < 1.29 is 4.42 Å². The van der Waals surface area contributed by atoms with Crippen LogP contribution in [-0.2, 0) is 6.42 Å². The van der Waals surface area contributed by atoms with E-state index in [0.29, 0.717) is 17.5 Å². The smallest absolute Gasteiger partial charge is 0.168 e. The first-order valence-corrected chi connectivity index (χ1v) is 19.3. The molecular formula is C52H35N3O. The Morgan fingerprint density at radius 3 is 1.80 bits per heavy atom. The van der Waals surface area contributed by atoms with Gasteiger partial charge < -0.3 is 4.42 Å². The van der Waals surface area contributed by atoms with E-state index in [9.17, 15) is 0 Å². The molecule has 0 N–H and O–H groups in total. The maximum absolute atomic E-state index is 6.86. The predicted molar refractivity (Wildman–Crippen MR) is 228 cm³/mol. The maximum atomic E-state index is 6.86. The van der Waals surface area contributed by atoms with Crippen molar-refractivity contribution in [3.05, 3.63) is 199 Å². The van der Waals surface area contributed by atoms with Gasteiger partial charge in [-0.2, -0.15) is 0 Å². The normalized spacial score (nSPS) is 13.8. The van der Waals surface area contributed by atoms with Gasteiger partial charge in [0.2, 0.25) is 0 Å². The predicted octanol–water partition coefficient (Wildman–Crippen LogP) is 13.3. The number of aryl methyl sites for hydroxylation is 1. The van der Waals surface area contributed by atoms with Crippen LogP contribution in [0.25, 0.3) is 89.1 Å². The number of hydrogen-bond acceptors (Lipinski definition) is 4. The summed E-state index contributed by atoms with van der Waals surface area (Å²) in [4.78, 5) is 15.8. The molecule has 0 bridgehead atoms. The fourth-order valence-electron chi connectivity index (χ4n) is 8.67. The van der Waals surface area contributed by atoms with Gasteiger partial charge in [0.25, 0.3) is 0 Å². The van der Waals surface area contributed by atoms with Crippen LogP contribution in [0, 0.1) is 0 Å². The van der Waals surface area contributed by atoms with E-state index in [1.807, 2.05) is 36.4 Å². The fraction of sp³-hybridized carbons (Fsp3) is 0.0577. The Labute approximate surface area is 324 Å². The number of aromatic nitrogens is 3. The number of hydrogen-bond donors (Lipinski definition) is 0. The standard InChI is InChI=1S/C52H35N3O/c1-3-13-33(14-4-1)34-23-25-36(26-24-34)51-53-50(35-15-5-2-6-16-35)54-52(55-51)48-44(29-30-45-43-21-11-12-22-47(43)56-49(45)48)42-28-27-39-31-37-17-7-8-18-38(37)32-46(39)41-20-10-9-19-40(41)42/h1-26,29-32,42H,27-28H2. The lowest BCUT2D eigenvalue weighted by molar-refractivity contribution is 0.666. The minimum Gasteiger partial charge on any atom is -0.455 e. The molecule has 0 fully saturated rings. The van der Waals surface area contributed by atoms with Crippen LogP contribution in [0.5, 0.6) is 0 Å². The molecule has 2 aromatic heterocycles. The van der Waals surface area contributed by atoms with Crippen molar-refractivity contribution in [2.75, 3.05) is 0 Å². The largest absolute Gasteiger partial charge is 0.455 e. The lowest BCUT2D eigenvalue weighted by Gasteiger charge is -2.22. The first-order chi connectivity index (χ1) is 27.7. The van der Waals surface area contributed by atoms with Crippen molar-refractivity contribution >= 4 is 32.7 Å². The molecule has 1 unspecified atom stereocenters. The number of furan rings is 1. The molecule has 1 aliphatic rings. The van der Waals surface area contributed by atoms with E-state index < -0.39 is 0 Å². The molecule has 8 aromatic carbocycles. The summed E-state index contributed by atoms with van der Waals surface area (Å²) >= 11 is 0. The third-order valence-corrected chi connectivity index (χ3v) is 11.4. The van der Waals surface area contributed by atoms with E-state index in [4.69, 9.17) is 19.4 Å².